The highest BCUT2D eigenvalue weighted by Crippen LogP contribution is 2.41. The lowest BCUT2D eigenvalue weighted by Crippen LogP contribution is -2.23. The number of ether oxygens (including phenoxy) is 2. The van der Waals surface area contributed by atoms with E-state index in [0.29, 0.717) is 46.3 Å². The molecule has 0 N–H and O–H groups in total. The van der Waals surface area contributed by atoms with E-state index >= 15 is 0 Å². The van der Waals surface area contributed by atoms with Crippen LogP contribution in [0.3, 0.4) is 0 Å². The Kier molecular flexibility index (Phi) is 15.0. The number of anilines is 1. The molecule has 0 aliphatic carbocycles. The van der Waals surface area contributed by atoms with Crippen molar-refractivity contribution >= 4 is 29.9 Å². The molecule has 0 bridgehead atoms. The number of carbonyl (C=O) groups excluding carboxylic acids is 1. The molecular weight excluding hydrogens is 636 g/mol. The second-order valence-electron chi connectivity index (χ2n) is 11.8. The molecule has 1 aromatic heterocycles. The normalized spacial score (nSPS) is 14.3. The molecule has 1 aliphatic heterocycles. The van der Waals surface area contributed by atoms with Crippen LogP contribution in [0.4, 0.5) is 14.5 Å². The Morgan fingerprint density at radius 1 is 0.980 bits per heavy atom. The van der Waals surface area contributed by atoms with Gasteiger partial charge in [-0.05, 0) is 114 Å². The molecular formula is C41H43F2N3O4. The highest BCUT2D eigenvalue weighted by Gasteiger charge is 2.37. The number of halogens is 2. The van der Waals surface area contributed by atoms with Crippen LogP contribution in [-0.4, -0.2) is 31.3 Å². The predicted molar refractivity (Wildman–Crippen MR) is 195 cm³/mol. The maximum absolute atomic E-state index is 12.1. The van der Waals surface area contributed by atoms with E-state index in [1.165, 1.54) is 12.6 Å². The van der Waals surface area contributed by atoms with Gasteiger partial charge < -0.3 is 18.8 Å². The Morgan fingerprint density at radius 3 is 2.20 bits per heavy atom. The van der Waals surface area contributed by atoms with E-state index in [2.05, 4.69) is 47.0 Å². The fourth-order valence-electron chi connectivity index (χ4n) is 5.02. The molecule has 9 heteroatoms. The van der Waals surface area contributed by atoms with E-state index in [1.54, 1.807) is 19.1 Å². The van der Waals surface area contributed by atoms with Crippen molar-refractivity contribution in [3.63, 3.8) is 0 Å². The van der Waals surface area contributed by atoms with Crippen LogP contribution in [0, 0.1) is 17.9 Å². The van der Waals surface area contributed by atoms with E-state index in [0.717, 1.165) is 44.0 Å². The number of rotatable bonds is 13. The molecule has 0 atom stereocenters. The topological polar surface area (TPSA) is 80.1 Å². The van der Waals surface area contributed by atoms with Crippen LogP contribution in [0.5, 0.6) is 0 Å². The van der Waals surface area contributed by atoms with Gasteiger partial charge in [0.05, 0.1) is 30.4 Å². The van der Waals surface area contributed by atoms with Crippen LogP contribution < -0.4 is 4.90 Å². The summed E-state index contributed by atoms with van der Waals surface area (Å²) in [5.74, 6) is 1.44. The second-order valence-corrected chi connectivity index (χ2v) is 11.8. The molecule has 0 fully saturated rings. The van der Waals surface area contributed by atoms with E-state index in [4.69, 9.17) is 20.5 Å². The molecule has 2 aromatic carbocycles. The van der Waals surface area contributed by atoms with E-state index in [1.807, 2.05) is 68.5 Å². The number of hydrogen-bond donors (Lipinski definition) is 0. The summed E-state index contributed by atoms with van der Waals surface area (Å²) < 4.78 is 38.5. The highest BCUT2D eigenvalue weighted by atomic mass is 19.3. The third-order valence-corrected chi connectivity index (χ3v) is 7.77. The van der Waals surface area contributed by atoms with Crippen LogP contribution in [0.15, 0.2) is 112 Å². The van der Waals surface area contributed by atoms with Crippen molar-refractivity contribution in [2.75, 3.05) is 24.6 Å². The van der Waals surface area contributed by atoms with Gasteiger partial charge in [-0.3, -0.25) is 0 Å². The van der Waals surface area contributed by atoms with Crippen molar-refractivity contribution in [1.29, 1.82) is 5.26 Å². The summed E-state index contributed by atoms with van der Waals surface area (Å²) in [5, 5.41) is 9.29. The third-order valence-electron chi connectivity index (χ3n) is 7.77. The first-order valence-corrected chi connectivity index (χ1v) is 16.5. The monoisotopic (exact) mass is 679 g/mol. The number of furan rings is 1. The summed E-state index contributed by atoms with van der Waals surface area (Å²) in [6.45, 7) is 18.8. The fourth-order valence-corrected chi connectivity index (χ4v) is 5.02. The summed E-state index contributed by atoms with van der Waals surface area (Å²) in [4.78, 5) is 18.0. The number of esters is 1. The Morgan fingerprint density at radius 2 is 1.62 bits per heavy atom. The van der Waals surface area contributed by atoms with Gasteiger partial charge in [0.25, 0.3) is 6.08 Å². The van der Waals surface area contributed by atoms with Crippen molar-refractivity contribution in [1.82, 2.24) is 0 Å². The van der Waals surface area contributed by atoms with Gasteiger partial charge in [-0.25, -0.2) is 9.64 Å². The predicted octanol–water partition coefficient (Wildman–Crippen LogP) is 10.9. The van der Waals surface area contributed by atoms with Crippen LogP contribution in [-0.2, 0) is 9.47 Å². The van der Waals surface area contributed by atoms with Crippen molar-refractivity contribution < 1.29 is 27.5 Å². The Hall–Kier alpha value is -5.67. The lowest BCUT2D eigenvalue weighted by molar-refractivity contribution is 0.0498. The van der Waals surface area contributed by atoms with Gasteiger partial charge in [-0.2, -0.15) is 14.0 Å². The highest BCUT2D eigenvalue weighted by molar-refractivity contribution is 5.89. The Labute approximate surface area is 293 Å². The van der Waals surface area contributed by atoms with E-state index in [-0.39, 0.29) is 5.97 Å². The summed E-state index contributed by atoms with van der Waals surface area (Å²) in [6, 6.07) is 23.4. The van der Waals surface area contributed by atoms with E-state index < -0.39 is 11.7 Å². The molecule has 50 heavy (non-hydrogen) atoms. The van der Waals surface area contributed by atoms with Crippen LogP contribution in [0.1, 0.15) is 81.3 Å². The number of nitriles is 1. The zero-order valence-corrected chi connectivity index (χ0v) is 29.2. The van der Waals surface area contributed by atoms with E-state index in [9.17, 15) is 18.8 Å². The molecule has 0 radical (unpaired) electrons. The van der Waals surface area contributed by atoms with Gasteiger partial charge in [0.2, 0.25) is 5.70 Å². The van der Waals surface area contributed by atoms with Gasteiger partial charge in [-0.15, -0.1) is 0 Å². The minimum absolute atomic E-state index is 0.267. The van der Waals surface area contributed by atoms with Gasteiger partial charge in [0, 0.05) is 24.4 Å². The summed E-state index contributed by atoms with van der Waals surface area (Å²) in [6.07, 6.45) is 9.57. The smallest absolute Gasteiger partial charge is 0.338 e. The SMILES string of the molecule is CC=C(F)F.[C-]#[N+]C1=C(/C=C/c2ccc(/C=C/c3ccc(N(CC)CCCCCOC(=O)c4ccccc4)cc3)o2)C(C)(C)O/C1=C(\C)C#N. The minimum atomic E-state index is -1.62. The van der Waals surface area contributed by atoms with Gasteiger partial charge in [0.1, 0.15) is 22.9 Å². The summed E-state index contributed by atoms with van der Waals surface area (Å²) in [7, 11) is 0. The molecule has 0 spiro atoms. The van der Waals surface area contributed by atoms with Gasteiger partial charge >= 0.3 is 5.97 Å². The fraction of sp³-hybridized carbons (Fsp3) is 0.293. The van der Waals surface area contributed by atoms with Crippen LogP contribution in [0.25, 0.3) is 23.1 Å². The summed E-state index contributed by atoms with van der Waals surface area (Å²) in [5.41, 5.74) is 3.55. The first-order chi connectivity index (χ1) is 24.0. The Balaban J connectivity index is 0.00000126. The number of allylic oxidation sites excluding steroid dienone is 2. The van der Waals surface area contributed by atoms with Crippen LogP contribution in [0.2, 0.25) is 0 Å². The first kappa shape index (κ1) is 38.8. The van der Waals surface area contributed by atoms with Crippen molar-refractivity contribution in [2.24, 2.45) is 0 Å². The minimum Gasteiger partial charge on any atom is -0.494 e. The number of unbranched alkanes of at least 4 members (excludes halogenated alkanes) is 2. The zero-order chi connectivity index (χ0) is 36.5. The average Bonchev–Trinajstić information content (AvgIpc) is 3.70. The molecule has 1 aliphatic rings. The molecule has 3 aromatic rings. The van der Waals surface area contributed by atoms with Crippen LogP contribution >= 0.6 is 0 Å². The Bertz CT molecular complexity index is 1820. The lowest BCUT2D eigenvalue weighted by atomic mass is 9.97. The molecule has 7 nitrogen and oxygen atoms in total. The standard InChI is InChI=1S/C38H39N3O4.C3H4F2/c1-6-41(25-11-8-12-26-43-37(42)30-13-9-7-10-14-30)31-18-15-29(16-19-31)17-20-32-21-22-33(44-32)23-24-34-35(40-5)36(28(2)27-39)45-38(34,3)4;1-2-3(4)5/h7,9-10,13-24H,6,8,11-12,25-26H2,1-4H3;2H,1H3/b20-17+,24-23+,36-28+;. The van der Waals surface area contributed by atoms with Gasteiger partial charge in [0.15, 0.2) is 0 Å². The molecule has 4 rings (SSSR count). The number of benzene rings is 2. The largest absolute Gasteiger partial charge is 0.494 e. The molecule has 260 valence electrons. The third kappa shape index (κ3) is 11.5. The molecule has 0 amide bonds. The molecule has 0 saturated carbocycles. The number of nitrogens with zero attached hydrogens (tertiary/aromatic N) is 3. The lowest BCUT2D eigenvalue weighted by Gasteiger charge is -2.23. The quantitative estimate of drug-likeness (QED) is 0.0774. The molecule has 0 unspecified atom stereocenters. The number of carbonyl (C=O) groups is 1. The van der Waals surface area contributed by atoms with Crippen molar-refractivity contribution in [3.8, 4) is 6.07 Å². The molecule has 0 saturated heterocycles. The van der Waals surface area contributed by atoms with Crippen molar-refractivity contribution in [2.45, 2.75) is 59.5 Å². The average molecular weight is 680 g/mol. The summed E-state index contributed by atoms with van der Waals surface area (Å²) >= 11 is 0. The molecule has 2 heterocycles. The maximum Gasteiger partial charge on any atom is 0.338 e. The van der Waals surface area contributed by atoms with Gasteiger partial charge in [-0.1, -0.05) is 42.5 Å². The second kappa shape index (κ2) is 19.4. The maximum atomic E-state index is 12.1. The zero-order valence-electron chi connectivity index (χ0n) is 29.2. The number of hydrogen-bond acceptors (Lipinski definition) is 6. The van der Waals surface area contributed by atoms with Crippen molar-refractivity contribution in [3.05, 3.63) is 142 Å². The first-order valence-electron chi connectivity index (χ1n) is 16.5.